The van der Waals surface area contributed by atoms with Crippen LogP contribution in [0.1, 0.15) is 11.1 Å². The molecule has 0 aliphatic heterocycles. The molecule has 0 aliphatic carbocycles. The van der Waals surface area contributed by atoms with Gasteiger partial charge < -0.3 is 4.74 Å². The molecule has 0 N–H and O–H groups in total. The van der Waals surface area contributed by atoms with Crippen molar-refractivity contribution in [1.82, 2.24) is 0 Å². The zero-order chi connectivity index (χ0) is 13.8. The maximum absolute atomic E-state index is 13.7. The largest absolute Gasteiger partial charge is 0.486 e. The molecule has 0 heterocycles. The molecule has 0 spiro atoms. The van der Waals surface area contributed by atoms with Crippen LogP contribution in [0.5, 0.6) is 5.75 Å². The normalized spacial score (nSPS) is 10.0. The van der Waals surface area contributed by atoms with Crippen LogP contribution in [-0.4, -0.2) is 0 Å². The van der Waals surface area contributed by atoms with Crippen molar-refractivity contribution in [3.05, 3.63) is 65.0 Å². The Morgan fingerprint density at radius 1 is 1.11 bits per heavy atom. The summed E-state index contributed by atoms with van der Waals surface area (Å²) in [6.45, 7) is -0.246. The Balaban J connectivity index is 2.17. The van der Waals surface area contributed by atoms with Crippen LogP contribution >= 0.6 is 0 Å². The minimum atomic E-state index is -0.864. The molecule has 2 aromatic carbocycles. The fourth-order valence-corrected chi connectivity index (χ4v) is 1.53. The lowest BCUT2D eigenvalue weighted by molar-refractivity contribution is 0.284. The van der Waals surface area contributed by atoms with Crippen LogP contribution in [0.2, 0.25) is 0 Å². The second-order valence-corrected chi connectivity index (χ2v) is 3.75. The van der Waals surface area contributed by atoms with Crippen molar-refractivity contribution < 1.29 is 17.9 Å². The van der Waals surface area contributed by atoms with E-state index >= 15 is 0 Å². The first-order valence-electron chi connectivity index (χ1n) is 5.37. The van der Waals surface area contributed by atoms with Crippen LogP contribution < -0.4 is 4.74 Å². The number of halogens is 3. The predicted octanol–water partition coefficient (Wildman–Crippen LogP) is 3.55. The van der Waals surface area contributed by atoms with Gasteiger partial charge in [-0.15, -0.1) is 0 Å². The predicted molar refractivity (Wildman–Crippen MR) is 61.8 cm³/mol. The van der Waals surface area contributed by atoms with Crippen LogP contribution in [-0.2, 0) is 6.61 Å². The highest BCUT2D eigenvalue weighted by Crippen LogP contribution is 2.20. The van der Waals surface area contributed by atoms with E-state index < -0.39 is 17.5 Å². The number of nitrogens with zero attached hydrogens (tertiary/aromatic N) is 1. The average Bonchev–Trinajstić information content (AvgIpc) is 2.39. The topological polar surface area (TPSA) is 33.0 Å². The molecule has 0 saturated carbocycles. The van der Waals surface area contributed by atoms with Gasteiger partial charge in [0.05, 0.1) is 5.56 Å². The minimum absolute atomic E-state index is 0.110. The lowest BCUT2D eigenvalue weighted by Gasteiger charge is -2.08. The second-order valence-electron chi connectivity index (χ2n) is 3.75. The third kappa shape index (κ3) is 2.86. The zero-order valence-corrected chi connectivity index (χ0v) is 9.66. The van der Waals surface area contributed by atoms with Crippen molar-refractivity contribution in [2.45, 2.75) is 6.61 Å². The van der Waals surface area contributed by atoms with E-state index in [4.69, 9.17) is 10.00 Å². The first-order chi connectivity index (χ1) is 9.11. The van der Waals surface area contributed by atoms with E-state index in [0.29, 0.717) is 6.07 Å². The molecule has 96 valence electrons. The van der Waals surface area contributed by atoms with Gasteiger partial charge in [0.15, 0.2) is 11.6 Å². The average molecular weight is 263 g/mol. The standard InChI is InChI=1S/C14H8F3NO/c15-11-4-5-13(12(16)6-11)19-8-10-3-1-2-9(7-18)14(10)17/h1-6H,8H2. The van der Waals surface area contributed by atoms with Gasteiger partial charge in [0, 0.05) is 11.6 Å². The molecule has 0 atom stereocenters. The second kappa shape index (κ2) is 5.44. The lowest BCUT2D eigenvalue weighted by Crippen LogP contribution is -2.01. The maximum atomic E-state index is 13.7. The molecule has 0 saturated heterocycles. The van der Waals surface area contributed by atoms with Gasteiger partial charge in [-0.1, -0.05) is 12.1 Å². The number of benzene rings is 2. The summed E-state index contributed by atoms with van der Waals surface area (Å²) in [5.74, 6) is -2.46. The Morgan fingerprint density at radius 3 is 2.58 bits per heavy atom. The van der Waals surface area contributed by atoms with Crippen LogP contribution in [0.4, 0.5) is 13.2 Å². The van der Waals surface area contributed by atoms with Crippen molar-refractivity contribution in [3.8, 4) is 11.8 Å². The number of rotatable bonds is 3. The molecule has 19 heavy (non-hydrogen) atoms. The summed E-state index contributed by atoms with van der Waals surface area (Å²) in [6.07, 6.45) is 0. The van der Waals surface area contributed by atoms with Gasteiger partial charge in [-0.05, 0) is 18.2 Å². The molecule has 0 radical (unpaired) electrons. The zero-order valence-electron chi connectivity index (χ0n) is 9.66. The maximum Gasteiger partial charge on any atom is 0.167 e. The molecule has 0 unspecified atom stereocenters. The van der Waals surface area contributed by atoms with Gasteiger partial charge in [-0.25, -0.2) is 13.2 Å². The number of ether oxygens (including phenoxy) is 1. The SMILES string of the molecule is N#Cc1cccc(COc2ccc(F)cc2F)c1F. The monoisotopic (exact) mass is 263 g/mol. The smallest absolute Gasteiger partial charge is 0.167 e. The van der Waals surface area contributed by atoms with E-state index in [1.54, 1.807) is 6.07 Å². The quantitative estimate of drug-likeness (QED) is 0.848. The van der Waals surface area contributed by atoms with Gasteiger partial charge in [0.1, 0.15) is 24.3 Å². The molecule has 0 bridgehead atoms. The van der Waals surface area contributed by atoms with E-state index in [-0.39, 0.29) is 23.5 Å². The van der Waals surface area contributed by atoms with E-state index in [1.165, 1.54) is 18.2 Å². The summed E-state index contributed by atoms with van der Waals surface area (Å²) < 4.78 is 44.7. The molecule has 0 fully saturated rings. The van der Waals surface area contributed by atoms with Crippen molar-refractivity contribution in [1.29, 1.82) is 5.26 Å². The van der Waals surface area contributed by atoms with Gasteiger partial charge in [-0.3, -0.25) is 0 Å². The Labute approximate surface area is 107 Å². The molecular weight excluding hydrogens is 255 g/mol. The first kappa shape index (κ1) is 13.0. The lowest BCUT2D eigenvalue weighted by atomic mass is 10.1. The Morgan fingerprint density at radius 2 is 1.89 bits per heavy atom. The minimum Gasteiger partial charge on any atom is -0.486 e. The molecule has 2 aromatic rings. The summed E-state index contributed by atoms with van der Waals surface area (Å²) >= 11 is 0. The van der Waals surface area contributed by atoms with Crippen LogP contribution in [0.25, 0.3) is 0 Å². The molecule has 0 aromatic heterocycles. The van der Waals surface area contributed by atoms with Crippen molar-refractivity contribution in [3.63, 3.8) is 0 Å². The van der Waals surface area contributed by atoms with Gasteiger partial charge >= 0.3 is 0 Å². The van der Waals surface area contributed by atoms with Crippen molar-refractivity contribution in [2.24, 2.45) is 0 Å². The third-order valence-corrected chi connectivity index (χ3v) is 2.48. The molecule has 0 amide bonds. The number of hydrogen-bond donors (Lipinski definition) is 0. The highest BCUT2D eigenvalue weighted by atomic mass is 19.1. The summed E-state index contributed by atoms with van der Waals surface area (Å²) in [4.78, 5) is 0. The molecule has 0 aliphatic rings. The molecule has 5 heteroatoms. The van der Waals surface area contributed by atoms with Crippen LogP contribution in [0.3, 0.4) is 0 Å². The van der Waals surface area contributed by atoms with Crippen LogP contribution in [0.15, 0.2) is 36.4 Å². The number of hydrogen-bond acceptors (Lipinski definition) is 2. The highest BCUT2D eigenvalue weighted by Gasteiger charge is 2.10. The fraction of sp³-hybridized carbons (Fsp3) is 0.0714. The first-order valence-corrected chi connectivity index (χ1v) is 5.37. The fourth-order valence-electron chi connectivity index (χ4n) is 1.53. The van der Waals surface area contributed by atoms with E-state index in [1.807, 2.05) is 0 Å². The summed E-state index contributed by atoms with van der Waals surface area (Å²) in [5.41, 5.74) is 0.0171. The van der Waals surface area contributed by atoms with E-state index in [9.17, 15) is 13.2 Å². The summed E-state index contributed by atoms with van der Waals surface area (Å²) in [6, 6.07) is 8.80. The van der Waals surface area contributed by atoms with Gasteiger partial charge in [-0.2, -0.15) is 5.26 Å². The van der Waals surface area contributed by atoms with Crippen molar-refractivity contribution in [2.75, 3.05) is 0 Å². The van der Waals surface area contributed by atoms with E-state index in [0.717, 1.165) is 12.1 Å². The molecular formula is C14H8F3NO. The van der Waals surface area contributed by atoms with Crippen LogP contribution in [0, 0.1) is 28.8 Å². The third-order valence-electron chi connectivity index (χ3n) is 2.48. The molecule has 2 nitrogen and oxygen atoms in total. The number of nitriles is 1. The Hall–Kier alpha value is -2.48. The Kier molecular flexibility index (Phi) is 3.71. The van der Waals surface area contributed by atoms with Crippen molar-refractivity contribution >= 4 is 0 Å². The van der Waals surface area contributed by atoms with Gasteiger partial charge in [0.2, 0.25) is 0 Å². The van der Waals surface area contributed by atoms with E-state index in [2.05, 4.69) is 0 Å². The highest BCUT2D eigenvalue weighted by molar-refractivity contribution is 5.35. The summed E-state index contributed by atoms with van der Waals surface area (Å²) in [7, 11) is 0. The molecule has 2 rings (SSSR count). The summed E-state index contributed by atoms with van der Waals surface area (Å²) in [5, 5.41) is 8.67. The van der Waals surface area contributed by atoms with Gasteiger partial charge in [0.25, 0.3) is 0 Å². The Bertz CT molecular complexity index is 650.